The van der Waals surface area contributed by atoms with Gasteiger partial charge in [0.2, 0.25) is 0 Å². The molecule has 2 aromatic carbocycles. The van der Waals surface area contributed by atoms with E-state index in [9.17, 15) is 4.79 Å². The minimum Gasteiger partial charge on any atom is -0.321 e. The number of amides is 1. The lowest BCUT2D eigenvalue weighted by molar-refractivity contribution is 0.0427. The molecule has 1 aromatic heterocycles. The van der Waals surface area contributed by atoms with E-state index in [0.717, 1.165) is 54.4 Å². The van der Waals surface area contributed by atoms with Crippen molar-refractivity contribution in [1.82, 2.24) is 14.7 Å². The van der Waals surface area contributed by atoms with E-state index >= 15 is 0 Å². The maximum absolute atomic E-state index is 12.2. The minimum atomic E-state index is 0.00105. The molecular weight excluding hydrogens is 396 g/mol. The molecule has 0 unspecified atom stereocenters. The van der Waals surface area contributed by atoms with E-state index in [2.05, 4.69) is 47.1 Å². The highest BCUT2D eigenvalue weighted by atomic mass is 16.1. The Hall–Kier alpha value is -2.66. The fourth-order valence-corrected chi connectivity index (χ4v) is 5.97. The lowest BCUT2D eigenvalue weighted by Gasteiger charge is -2.46. The van der Waals surface area contributed by atoms with Gasteiger partial charge in [0.25, 0.3) is 5.91 Å². The van der Waals surface area contributed by atoms with E-state index < -0.39 is 0 Å². The Morgan fingerprint density at radius 2 is 1.88 bits per heavy atom. The molecule has 0 spiro atoms. The molecule has 0 bridgehead atoms. The van der Waals surface area contributed by atoms with Crippen LogP contribution in [0, 0.1) is 5.41 Å². The second-order valence-corrected chi connectivity index (χ2v) is 10.9. The van der Waals surface area contributed by atoms with Gasteiger partial charge >= 0.3 is 0 Å². The Bertz CT molecular complexity index is 1200. The summed E-state index contributed by atoms with van der Waals surface area (Å²) in [5.41, 5.74) is 4.84. The molecule has 3 aliphatic rings. The summed E-state index contributed by atoms with van der Waals surface area (Å²) >= 11 is 0. The van der Waals surface area contributed by atoms with E-state index in [1.165, 1.54) is 36.9 Å². The van der Waals surface area contributed by atoms with Crippen LogP contribution < -0.4 is 5.32 Å². The summed E-state index contributed by atoms with van der Waals surface area (Å²) in [5, 5.41) is 10.0. The lowest BCUT2D eigenvalue weighted by Crippen LogP contribution is -2.48. The Labute approximate surface area is 189 Å². The van der Waals surface area contributed by atoms with E-state index in [0.29, 0.717) is 5.41 Å². The van der Waals surface area contributed by atoms with E-state index in [4.69, 9.17) is 5.10 Å². The van der Waals surface area contributed by atoms with Crippen molar-refractivity contribution in [1.29, 1.82) is 0 Å². The van der Waals surface area contributed by atoms with Gasteiger partial charge in [0, 0.05) is 48.9 Å². The third-order valence-electron chi connectivity index (χ3n) is 8.31. The van der Waals surface area contributed by atoms with E-state index in [-0.39, 0.29) is 11.4 Å². The normalized spacial score (nSPS) is 21.5. The third kappa shape index (κ3) is 3.25. The number of carbonyl (C=O) groups excluding carboxylic acids is 1. The summed E-state index contributed by atoms with van der Waals surface area (Å²) < 4.78 is 2.22. The Morgan fingerprint density at radius 1 is 1.06 bits per heavy atom. The summed E-state index contributed by atoms with van der Waals surface area (Å²) in [5.74, 6) is 0.00105. The standard InChI is InChI=1S/C27H32N4O/c1-26(9-4-10-26)18-30-13-11-27(2,12-14-30)31-17-19(16-28-31)15-20-7-8-23-24-21(20)5-3-6-22(24)25(32)29-23/h3,5-8,16-17H,4,9-15,18H2,1-2H3,(H,29,32). The van der Waals surface area contributed by atoms with Gasteiger partial charge in [-0.25, -0.2) is 0 Å². The average molecular weight is 429 g/mol. The molecule has 1 aliphatic carbocycles. The summed E-state index contributed by atoms with van der Waals surface area (Å²) in [6.45, 7) is 8.41. The summed E-state index contributed by atoms with van der Waals surface area (Å²) in [4.78, 5) is 14.9. The molecule has 1 amide bonds. The predicted molar refractivity (Wildman–Crippen MR) is 128 cm³/mol. The van der Waals surface area contributed by atoms with Gasteiger partial charge in [-0.1, -0.05) is 31.5 Å². The molecule has 6 rings (SSSR count). The van der Waals surface area contributed by atoms with Crippen molar-refractivity contribution in [2.75, 3.05) is 25.0 Å². The summed E-state index contributed by atoms with van der Waals surface area (Å²) in [6, 6.07) is 10.2. The van der Waals surface area contributed by atoms with Gasteiger partial charge in [0.15, 0.2) is 0 Å². The largest absolute Gasteiger partial charge is 0.321 e. The molecule has 32 heavy (non-hydrogen) atoms. The zero-order valence-electron chi connectivity index (χ0n) is 19.2. The zero-order chi connectivity index (χ0) is 21.9. The Kier molecular flexibility index (Phi) is 4.48. The van der Waals surface area contributed by atoms with Crippen LogP contribution in [0.5, 0.6) is 0 Å². The third-order valence-corrected chi connectivity index (χ3v) is 8.31. The highest BCUT2D eigenvalue weighted by Gasteiger charge is 2.38. The average Bonchev–Trinajstić information content (AvgIpc) is 3.37. The quantitative estimate of drug-likeness (QED) is 0.608. The topological polar surface area (TPSA) is 50.2 Å². The number of hydrogen-bond donors (Lipinski definition) is 1. The first-order valence-electron chi connectivity index (χ1n) is 12.0. The second-order valence-electron chi connectivity index (χ2n) is 10.9. The Morgan fingerprint density at radius 3 is 2.62 bits per heavy atom. The van der Waals surface area contributed by atoms with Crippen LogP contribution in [0.15, 0.2) is 42.7 Å². The first-order chi connectivity index (χ1) is 15.4. The van der Waals surface area contributed by atoms with Gasteiger partial charge in [0.1, 0.15) is 0 Å². The smallest absolute Gasteiger partial charge is 0.256 e. The van der Waals surface area contributed by atoms with Crippen molar-refractivity contribution in [3.05, 3.63) is 59.4 Å². The van der Waals surface area contributed by atoms with Gasteiger partial charge < -0.3 is 10.2 Å². The van der Waals surface area contributed by atoms with Crippen molar-refractivity contribution in [3.8, 4) is 0 Å². The van der Waals surface area contributed by atoms with Gasteiger partial charge in [-0.15, -0.1) is 0 Å². The number of nitrogens with one attached hydrogen (secondary N) is 1. The van der Waals surface area contributed by atoms with Crippen LogP contribution in [-0.4, -0.2) is 40.2 Å². The number of piperidine rings is 1. The molecule has 166 valence electrons. The molecule has 1 saturated carbocycles. The SMILES string of the molecule is CC1(CN2CCC(C)(n3cc(Cc4ccc5c6c(cccc46)C(=O)N5)cn3)CC2)CCC1. The number of anilines is 1. The highest BCUT2D eigenvalue weighted by Crippen LogP contribution is 2.42. The zero-order valence-corrected chi connectivity index (χ0v) is 19.2. The number of carbonyl (C=O) groups is 1. The number of benzene rings is 2. The highest BCUT2D eigenvalue weighted by molar-refractivity contribution is 6.24. The predicted octanol–water partition coefficient (Wildman–Crippen LogP) is 5.19. The van der Waals surface area contributed by atoms with Gasteiger partial charge in [-0.2, -0.15) is 5.10 Å². The molecule has 5 heteroatoms. The molecule has 3 heterocycles. The number of nitrogens with zero attached hydrogens (tertiary/aromatic N) is 3. The molecule has 0 radical (unpaired) electrons. The van der Waals surface area contributed by atoms with Crippen LogP contribution in [0.2, 0.25) is 0 Å². The van der Waals surface area contributed by atoms with Crippen LogP contribution >= 0.6 is 0 Å². The first-order valence-corrected chi connectivity index (χ1v) is 12.0. The number of rotatable bonds is 5. The molecule has 2 fully saturated rings. The molecule has 2 aliphatic heterocycles. The van der Waals surface area contributed by atoms with Gasteiger partial charge in [-0.05, 0) is 66.7 Å². The second kappa shape index (κ2) is 7.17. The molecule has 3 aromatic rings. The van der Waals surface area contributed by atoms with Crippen LogP contribution in [0.1, 0.15) is 67.4 Å². The van der Waals surface area contributed by atoms with E-state index in [1.54, 1.807) is 0 Å². The van der Waals surface area contributed by atoms with Crippen LogP contribution in [-0.2, 0) is 12.0 Å². The maximum Gasteiger partial charge on any atom is 0.256 e. The Balaban J connectivity index is 1.19. The van der Waals surface area contributed by atoms with Gasteiger partial charge in [0.05, 0.1) is 11.7 Å². The fraction of sp³-hybridized carbons (Fsp3) is 0.481. The summed E-state index contributed by atoms with van der Waals surface area (Å²) in [6.07, 6.45) is 11.6. The number of likely N-dealkylation sites (tertiary alicyclic amines) is 1. The monoisotopic (exact) mass is 428 g/mol. The fourth-order valence-electron chi connectivity index (χ4n) is 5.97. The van der Waals surface area contributed by atoms with Gasteiger partial charge in [-0.3, -0.25) is 9.48 Å². The van der Waals surface area contributed by atoms with Crippen LogP contribution in [0.3, 0.4) is 0 Å². The van der Waals surface area contributed by atoms with Crippen LogP contribution in [0.4, 0.5) is 5.69 Å². The number of hydrogen-bond acceptors (Lipinski definition) is 3. The maximum atomic E-state index is 12.2. The molecule has 1 saturated heterocycles. The van der Waals surface area contributed by atoms with Crippen molar-refractivity contribution in [2.45, 2.75) is 57.9 Å². The first kappa shape index (κ1) is 20.0. The van der Waals surface area contributed by atoms with Crippen molar-refractivity contribution in [3.63, 3.8) is 0 Å². The molecule has 0 atom stereocenters. The summed E-state index contributed by atoms with van der Waals surface area (Å²) in [7, 11) is 0. The van der Waals surface area contributed by atoms with Crippen molar-refractivity contribution in [2.24, 2.45) is 5.41 Å². The van der Waals surface area contributed by atoms with E-state index in [1.807, 2.05) is 24.4 Å². The van der Waals surface area contributed by atoms with Crippen LogP contribution in [0.25, 0.3) is 10.8 Å². The molecule has 5 nitrogen and oxygen atoms in total. The lowest BCUT2D eigenvalue weighted by atomic mass is 9.70. The number of aromatic nitrogens is 2. The molecule has 1 N–H and O–H groups in total. The van der Waals surface area contributed by atoms with Crippen molar-refractivity contribution < 1.29 is 4.79 Å². The molecular formula is C27H32N4O. The van der Waals surface area contributed by atoms with Crippen molar-refractivity contribution >= 4 is 22.4 Å². The minimum absolute atomic E-state index is 0.00105.